The molecular weight excluding hydrogens is 335 g/mol. The lowest BCUT2D eigenvalue weighted by atomic mass is 9.42. The van der Waals surface area contributed by atoms with E-state index in [0.29, 0.717) is 10.8 Å². The molecule has 0 saturated heterocycles. The Labute approximate surface area is 179 Å². The Morgan fingerprint density at radius 2 is 1.43 bits per heavy atom. The van der Waals surface area contributed by atoms with Crippen molar-refractivity contribution >= 4 is 7.85 Å². The average Bonchev–Trinajstić information content (AvgIpc) is 2.77. The third-order valence-corrected chi connectivity index (χ3v) is 11.6. The monoisotopic (exact) mass is 386 g/mol. The van der Waals surface area contributed by atoms with Crippen molar-refractivity contribution in [2.45, 2.75) is 115 Å². The zero-order chi connectivity index (χ0) is 22.1. The minimum absolute atomic E-state index is 0.0946. The highest BCUT2D eigenvalue weighted by atomic mass is 14.7. The summed E-state index contributed by atoms with van der Waals surface area (Å²) in [4.78, 5) is 0. The fraction of sp³-hybridized carbons (Fsp3) is 1.00. The summed E-state index contributed by atoms with van der Waals surface area (Å²) < 4.78 is 0. The second-order valence-corrected chi connectivity index (χ2v) is 13.6. The van der Waals surface area contributed by atoms with Crippen molar-refractivity contribution < 1.29 is 0 Å². The minimum atomic E-state index is -0.140. The van der Waals surface area contributed by atoms with Crippen molar-refractivity contribution in [2.24, 2.45) is 57.2 Å². The van der Waals surface area contributed by atoms with Crippen LogP contribution < -0.4 is 0 Å². The molecule has 162 valence electrons. The van der Waals surface area contributed by atoms with Gasteiger partial charge < -0.3 is 0 Å². The van der Waals surface area contributed by atoms with Crippen molar-refractivity contribution in [1.82, 2.24) is 0 Å². The average molecular weight is 387 g/mol. The first-order valence-corrected chi connectivity index (χ1v) is 12.2. The van der Waals surface area contributed by atoms with Crippen LogP contribution in [0.25, 0.3) is 0 Å². The molecule has 0 amide bonds. The van der Waals surface area contributed by atoms with Crippen LogP contribution in [-0.4, -0.2) is 7.85 Å². The molecule has 0 aromatic rings. The van der Waals surface area contributed by atoms with Gasteiger partial charge in [-0.05, 0) is 70.0 Å². The minimum Gasteiger partial charge on any atom is -0.0671 e. The van der Waals surface area contributed by atoms with E-state index in [-0.39, 0.29) is 16.1 Å². The molecule has 2 rings (SSSR count). The number of rotatable bonds is 7. The van der Waals surface area contributed by atoms with E-state index in [4.69, 9.17) is 7.85 Å². The van der Waals surface area contributed by atoms with Gasteiger partial charge in [-0.1, -0.05) is 102 Å². The van der Waals surface area contributed by atoms with Gasteiger partial charge in [-0.25, -0.2) is 0 Å². The van der Waals surface area contributed by atoms with Crippen molar-refractivity contribution in [3.8, 4) is 0 Å². The van der Waals surface area contributed by atoms with Crippen molar-refractivity contribution in [2.75, 3.05) is 0 Å². The summed E-state index contributed by atoms with van der Waals surface area (Å²) in [5.74, 6) is 4.85. The Morgan fingerprint density at radius 1 is 0.964 bits per heavy atom. The van der Waals surface area contributed by atoms with Crippen LogP contribution >= 0.6 is 0 Å². The maximum Gasteiger partial charge on any atom is 0.0749 e. The Hall–Kier alpha value is 0.0649. The molecule has 28 heavy (non-hydrogen) atoms. The summed E-state index contributed by atoms with van der Waals surface area (Å²) in [7, 11) is 6.90. The summed E-state index contributed by atoms with van der Waals surface area (Å²) in [5.41, 5.74) is 1.29. The van der Waals surface area contributed by atoms with E-state index in [0.717, 1.165) is 41.9 Å². The van der Waals surface area contributed by atoms with Gasteiger partial charge in [0.1, 0.15) is 0 Å². The fourth-order valence-corrected chi connectivity index (χ4v) is 7.99. The predicted octanol–water partition coefficient (Wildman–Crippen LogP) is 8.41. The van der Waals surface area contributed by atoms with Crippen LogP contribution in [0.3, 0.4) is 0 Å². The van der Waals surface area contributed by atoms with Crippen LogP contribution in [0.5, 0.6) is 0 Å². The van der Waals surface area contributed by atoms with E-state index in [1.807, 2.05) is 0 Å². The van der Waals surface area contributed by atoms with Crippen LogP contribution in [0.4, 0.5) is 0 Å². The molecule has 6 unspecified atom stereocenters. The van der Waals surface area contributed by atoms with Crippen LogP contribution in [0.1, 0.15) is 109 Å². The largest absolute Gasteiger partial charge is 0.0749 e. The van der Waals surface area contributed by atoms with Gasteiger partial charge in [-0.15, -0.1) is 0 Å². The highest BCUT2D eigenvalue weighted by Gasteiger charge is 2.66. The number of hydrogen-bond donors (Lipinski definition) is 0. The molecule has 0 N–H and O–H groups in total. The predicted molar refractivity (Wildman–Crippen MR) is 127 cm³/mol. The highest BCUT2D eigenvalue weighted by Crippen LogP contribution is 2.72. The molecule has 0 bridgehead atoms. The summed E-state index contributed by atoms with van der Waals surface area (Å²) in [6.45, 7) is 32.0. The molecular formula is C27H51B. The van der Waals surface area contributed by atoms with Gasteiger partial charge in [0.2, 0.25) is 0 Å². The van der Waals surface area contributed by atoms with Gasteiger partial charge >= 0.3 is 0 Å². The Morgan fingerprint density at radius 3 is 1.82 bits per heavy atom. The van der Waals surface area contributed by atoms with Gasteiger partial charge in [0, 0.05) is 0 Å². The van der Waals surface area contributed by atoms with Crippen molar-refractivity contribution in [1.29, 1.82) is 0 Å². The molecule has 0 aliphatic heterocycles. The highest BCUT2D eigenvalue weighted by molar-refractivity contribution is 6.15. The molecule has 0 aromatic heterocycles. The lowest BCUT2D eigenvalue weighted by molar-refractivity contribution is -0.0367. The maximum absolute atomic E-state index is 6.90. The molecule has 1 heteroatoms. The standard InChI is InChI=1S/C27H51B/c1-14-27(13,28)26(11,12)23(5,6)21-19(4)17(2)15-20(21)16-18(3)22-24(7,8)25(22,9)10/h17-22H,14-16H2,1-13H3. The van der Waals surface area contributed by atoms with E-state index in [1.165, 1.54) is 12.8 Å². The van der Waals surface area contributed by atoms with Crippen LogP contribution in [0.2, 0.25) is 5.31 Å². The normalized spacial score (nSPS) is 36.2. The zero-order valence-electron chi connectivity index (χ0n) is 21.7. The summed E-state index contributed by atoms with van der Waals surface area (Å²) >= 11 is 0. The molecule has 2 saturated carbocycles. The second-order valence-electron chi connectivity index (χ2n) is 13.6. The lowest BCUT2D eigenvalue weighted by Gasteiger charge is -2.57. The first-order valence-electron chi connectivity index (χ1n) is 12.2. The maximum atomic E-state index is 6.90. The molecule has 0 spiro atoms. The van der Waals surface area contributed by atoms with E-state index < -0.39 is 0 Å². The summed E-state index contributed by atoms with van der Waals surface area (Å²) in [6.07, 6.45) is 3.83. The first-order chi connectivity index (χ1) is 12.4. The van der Waals surface area contributed by atoms with Gasteiger partial charge in [0.15, 0.2) is 0 Å². The van der Waals surface area contributed by atoms with Crippen LogP contribution in [-0.2, 0) is 0 Å². The van der Waals surface area contributed by atoms with Crippen LogP contribution in [0, 0.1) is 57.2 Å². The van der Waals surface area contributed by atoms with Crippen molar-refractivity contribution in [3.63, 3.8) is 0 Å². The van der Waals surface area contributed by atoms with E-state index >= 15 is 0 Å². The molecule has 2 radical (unpaired) electrons. The Balaban J connectivity index is 2.31. The Kier molecular flexibility index (Phi) is 6.13. The van der Waals surface area contributed by atoms with E-state index in [2.05, 4.69) is 90.0 Å². The molecule has 6 atom stereocenters. The topological polar surface area (TPSA) is 0 Å². The summed E-state index contributed by atoms with van der Waals surface area (Å²) in [6, 6.07) is 0. The van der Waals surface area contributed by atoms with Crippen LogP contribution in [0.15, 0.2) is 0 Å². The van der Waals surface area contributed by atoms with Gasteiger partial charge in [-0.2, -0.15) is 0 Å². The zero-order valence-corrected chi connectivity index (χ0v) is 21.7. The van der Waals surface area contributed by atoms with E-state index in [1.54, 1.807) is 0 Å². The second kappa shape index (κ2) is 7.05. The quantitative estimate of drug-likeness (QED) is 0.385. The van der Waals surface area contributed by atoms with Crippen molar-refractivity contribution in [3.05, 3.63) is 0 Å². The number of hydrogen-bond acceptors (Lipinski definition) is 0. The first kappa shape index (κ1) is 24.3. The van der Waals surface area contributed by atoms with E-state index in [9.17, 15) is 0 Å². The SMILES string of the molecule is [B]C(C)(CC)C(C)(C)C(C)(C)C1C(CC(C)C2C(C)(C)C2(C)C)CC(C)C1C. The van der Waals surface area contributed by atoms with Gasteiger partial charge in [-0.3, -0.25) is 0 Å². The van der Waals surface area contributed by atoms with Gasteiger partial charge in [0.25, 0.3) is 0 Å². The fourth-order valence-electron chi connectivity index (χ4n) is 7.99. The smallest absolute Gasteiger partial charge is 0.0671 e. The molecule has 2 fully saturated rings. The molecule has 0 aromatic carbocycles. The molecule has 2 aliphatic carbocycles. The Bertz CT molecular complexity index is 551. The lowest BCUT2D eigenvalue weighted by Crippen LogP contribution is -2.49. The van der Waals surface area contributed by atoms with Gasteiger partial charge in [0.05, 0.1) is 7.85 Å². The molecule has 0 heterocycles. The molecule has 0 nitrogen and oxygen atoms in total. The summed E-state index contributed by atoms with van der Waals surface area (Å²) in [5, 5.41) is -0.140. The third kappa shape index (κ3) is 3.34. The third-order valence-electron chi connectivity index (χ3n) is 11.6. The molecule has 2 aliphatic rings.